The largest absolute Gasteiger partial charge is 0.392 e. The molecule has 2 N–H and O–H groups in total. The molecule has 0 amide bonds. The molecule has 1 aliphatic heterocycles. The highest BCUT2D eigenvalue weighted by molar-refractivity contribution is 7.89. The second-order valence-electron chi connectivity index (χ2n) is 4.25. The van der Waals surface area contributed by atoms with Crippen LogP contribution in [0.25, 0.3) is 0 Å². The normalized spacial score (nSPS) is 20.6. The van der Waals surface area contributed by atoms with Gasteiger partial charge in [-0.05, 0) is 31.0 Å². The van der Waals surface area contributed by atoms with E-state index >= 15 is 0 Å². The summed E-state index contributed by atoms with van der Waals surface area (Å²) in [4.78, 5) is 0.297. The van der Waals surface area contributed by atoms with E-state index < -0.39 is 16.1 Å². The number of nitrogens with zero attached hydrogens (tertiary/aromatic N) is 1. The van der Waals surface area contributed by atoms with Crippen LogP contribution in [-0.2, 0) is 10.0 Å². The van der Waals surface area contributed by atoms with Crippen LogP contribution in [0.15, 0.2) is 23.1 Å². The summed E-state index contributed by atoms with van der Waals surface area (Å²) in [7, 11) is -3.65. The number of benzene rings is 1. The molecule has 1 heterocycles. The molecule has 0 saturated carbocycles. The number of halogens is 2. The number of sulfonamides is 1. The fourth-order valence-corrected chi connectivity index (χ4v) is 4.46. The predicted molar refractivity (Wildman–Crippen MR) is 80.2 cm³/mol. The summed E-state index contributed by atoms with van der Waals surface area (Å²) in [6.07, 6.45) is 1.39. The molecular formula is C11H12Cl2N2O2S2. The summed E-state index contributed by atoms with van der Waals surface area (Å²) in [6.45, 7) is 0.407. The number of rotatable bonds is 3. The first kappa shape index (κ1) is 15.0. The minimum absolute atomic E-state index is 0.102. The van der Waals surface area contributed by atoms with Crippen LogP contribution in [0.4, 0.5) is 0 Å². The topological polar surface area (TPSA) is 63.4 Å². The zero-order valence-corrected chi connectivity index (χ0v) is 13.0. The molecule has 1 saturated heterocycles. The van der Waals surface area contributed by atoms with Gasteiger partial charge in [0.15, 0.2) is 0 Å². The monoisotopic (exact) mass is 338 g/mol. The van der Waals surface area contributed by atoms with Crippen LogP contribution in [0.1, 0.15) is 12.8 Å². The van der Waals surface area contributed by atoms with E-state index in [2.05, 4.69) is 0 Å². The zero-order chi connectivity index (χ0) is 14.2. The van der Waals surface area contributed by atoms with Gasteiger partial charge in [-0.2, -0.15) is 4.31 Å². The van der Waals surface area contributed by atoms with Crippen LogP contribution >= 0.6 is 35.4 Å². The van der Waals surface area contributed by atoms with Gasteiger partial charge in [-0.3, -0.25) is 0 Å². The molecule has 0 aliphatic carbocycles. The maximum Gasteiger partial charge on any atom is 0.243 e. The molecule has 1 aromatic carbocycles. The fourth-order valence-electron chi connectivity index (χ4n) is 2.08. The summed E-state index contributed by atoms with van der Waals surface area (Å²) in [5, 5.41) is 0.516. The molecule has 0 spiro atoms. The number of hydrogen-bond donors (Lipinski definition) is 1. The van der Waals surface area contributed by atoms with Crippen molar-refractivity contribution >= 4 is 50.4 Å². The van der Waals surface area contributed by atoms with Crippen molar-refractivity contribution < 1.29 is 8.42 Å². The Bertz CT molecular complexity index is 619. The fraction of sp³-hybridized carbons (Fsp3) is 0.364. The van der Waals surface area contributed by atoms with Gasteiger partial charge in [0.2, 0.25) is 10.0 Å². The third-order valence-electron chi connectivity index (χ3n) is 3.03. The van der Waals surface area contributed by atoms with Gasteiger partial charge in [0.1, 0.15) is 0 Å². The van der Waals surface area contributed by atoms with Crippen molar-refractivity contribution in [1.82, 2.24) is 4.31 Å². The summed E-state index contributed by atoms with van der Waals surface area (Å²) in [5.74, 6) is 0. The van der Waals surface area contributed by atoms with Gasteiger partial charge < -0.3 is 5.73 Å². The number of nitrogens with two attached hydrogens (primary N) is 1. The Balaban J connectivity index is 2.42. The van der Waals surface area contributed by atoms with Crippen LogP contribution in [-0.4, -0.2) is 30.3 Å². The van der Waals surface area contributed by atoms with E-state index in [1.807, 2.05) is 0 Å². The van der Waals surface area contributed by atoms with Crippen LogP contribution in [0.5, 0.6) is 0 Å². The second-order valence-corrected chi connectivity index (χ2v) is 7.43. The molecule has 1 fully saturated rings. The average Bonchev–Trinajstić information content (AvgIpc) is 2.82. The minimum atomic E-state index is -3.65. The van der Waals surface area contributed by atoms with E-state index in [-0.39, 0.29) is 14.9 Å². The van der Waals surface area contributed by atoms with Gasteiger partial charge in [-0.25, -0.2) is 8.42 Å². The van der Waals surface area contributed by atoms with E-state index in [0.29, 0.717) is 18.0 Å². The Morgan fingerprint density at radius 2 is 2.05 bits per heavy atom. The molecule has 2 rings (SSSR count). The Hall–Kier alpha value is -0.400. The van der Waals surface area contributed by atoms with Crippen molar-refractivity contribution in [2.75, 3.05) is 6.54 Å². The van der Waals surface area contributed by atoms with Gasteiger partial charge in [0.25, 0.3) is 0 Å². The molecule has 104 valence electrons. The molecule has 4 nitrogen and oxygen atoms in total. The van der Waals surface area contributed by atoms with Crippen molar-refractivity contribution in [3.05, 3.63) is 28.2 Å². The summed E-state index contributed by atoms with van der Waals surface area (Å²) in [5.41, 5.74) is 5.60. The van der Waals surface area contributed by atoms with Gasteiger partial charge in [0, 0.05) is 6.54 Å². The molecular weight excluding hydrogens is 327 g/mol. The molecule has 0 bridgehead atoms. The van der Waals surface area contributed by atoms with Gasteiger partial charge in [-0.15, -0.1) is 0 Å². The molecule has 19 heavy (non-hydrogen) atoms. The lowest BCUT2D eigenvalue weighted by atomic mass is 10.2. The maximum absolute atomic E-state index is 12.5. The third kappa shape index (κ3) is 2.87. The third-order valence-corrected chi connectivity index (χ3v) is 5.95. The molecule has 1 aliphatic rings. The Morgan fingerprint density at radius 1 is 1.37 bits per heavy atom. The lowest BCUT2D eigenvalue weighted by Gasteiger charge is -2.23. The average molecular weight is 339 g/mol. The zero-order valence-electron chi connectivity index (χ0n) is 9.84. The van der Waals surface area contributed by atoms with Crippen molar-refractivity contribution in [2.45, 2.75) is 23.8 Å². The van der Waals surface area contributed by atoms with Gasteiger partial charge in [-0.1, -0.05) is 35.4 Å². The molecule has 0 aromatic heterocycles. The lowest BCUT2D eigenvalue weighted by Crippen LogP contribution is -2.42. The van der Waals surface area contributed by atoms with Crippen molar-refractivity contribution in [3.8, 4) is 0 Å². The maximum atomic E-state index is 12.5. The predicted octanol–water partition coefficient (Wildman–Crippen LogP) is 2.43. The molecule has 1 unspecified atom stereocenters. The van der Waals surface area contributed by atoms with E-state index in [4.69, 9.17) is 41.2 Å². The highest BCUT2D eigenvalue weighted by Crippen LogP contribution is 2.30. The quantitative estimate of drug-likeness (QED) is 0.859. The van der Waals surface area contributed by atoms with Crippen molar-refractivity contribution in [3.63, 3.8) is 0 Å². The summed E-state index contributed by atoms with van der Waals surface area (Å²) < 4.78 is 26.4. The number of hydrogen-bond acceptors (Lipinski definition) is 3. The van der Waals surface area contributed by atoms with Gasteiger partial charge in [0.05, 0.1) is 26.0 Å². The summed E-state index contributed by atoms with van der Waals surface area (Å²) in [6, 6.07) is 3.81. The minimum Gasteiger partial charge on any atom is -0.392 e. The molecule has 8 heteroatoms. The molecule has 1 atom stereocenters. The van der Waals surface area contributed by atoms with Crippen LogP contribution in [0, 0.1) is 0 Å². The first-order valence-corrected chi connectivity index (χ1v) is 8.20. The Kier molecular flexibility index (Phi) is 4.37. The second kappa shape index (κ2) is 5.54. The van der Waals surface area contributed by atoms with E-state index in [1.165, 1.54) is 22.5 Å². The standard InChI is InChI=1S/C11H12Cl2N2O2S2/c12-8-4-3-7(6-9(8)13)19(16,17)15-5-1-2-10(15)11(14)18/h3-4,6,10H,1-2,5H2,(H2,14,18). The highest BCUT2D eigenvalue weighted by Gasteiger charge is 2.36. The van der Waals surface area contributed by atoms with Crippen molar-refractivity contribution in [2.24, 2.45) is 5.73 Å². The Labute approximate surface area is 127 Å². The Morgan fingerprint density at radius 3 is 2.63 bits per heavy atom. The van der Waals surface area contributed by atoms with E-state index in [0.717, 1.165) is 6.42 Å². The lowest BCUT2D eigenvalue weighted by molar-refractivity contribution is 0.446. The number of thiocarbonyl (C=S) groups is 1. The molecule has 0 radical (unpaired) electrons. The van der Waals surface area contributed by atoms with Gasteiger partial charge >= 0.3 is 0 Å². The van der Waals surface area contributed by atoms with E-state index in [1.54, 1.807) is 0 Å². The van der Waals surface area contributed by atoms with Crippen LogP contribution in [0.3, 0.4) is 0 Å². The van der Waals surface area contributed by atoms with Crippen LogP contribution in [0.2, 0.25) is 10.0 Å². The molecule has 1 aromatic rings. The van der Waals surface area contributed by atoms with E-state index in [9.17, 15) is 8.42 Å². The first-order valence-electron chi connectivity index (χ1n) is 5.60. The SMILES string of the molecule is NC(=S)C1CCCN1S(=O)(=O)c1ccc(Cl)c(Cl)c1. The van der Waals surface area contributed by atoms with Crippen LogP contribution < -0.4 is 5.73 Å². The summed E-state index contributed by atoms with van der Waals surface area (Å²) >= 11 is 16.6. The highest BCUT2D eigenvalue weighted by atomic mass is 35.5. The van der Waals surface area contributed by atoms with Crippen molar-refractivity contribution in [1.29, 1.82) is 0 Å². The smallest absolute Gasteiger partial charge is 0.243 e. The first-order chi connectivity index (χ1) is 8.84.